The van der Waals surface area contributed by atoms with Gasteiger partial charge in [0.15, 0.2) is 0 Å². The van der Waals surface area contributed by atoms with Crippen LogP contribution in [-0.4, -0.2) is 16.4 Å². The molecule has 1 unspecified atom stereocenters. The Kier molecular flexibility index (Phi) is 3.36. The Morgan fingerprint density at radius 1 is 1.46 bits per heavy atom. The highest BCUT2D eigenvalue weighted by Crippen LogP contribution is 2.12. The molecule has 2 N–H and O–H groups in total. The Bertz CT molecular complexity index is 317. The smallest absolute Gasteiger partial charge is 0.250 e. The first-order chi connectivity index (χ1) is 6.09. The molecule has 13 heavy (non-hydrogen) atoms. The van der Waals surface area contributed by atoms with E-state index < -0.39 is 23.0 Å². The molecule has 0 heterocycles. The predicted molar refractivity (Wildman–Crippen MR) is 48.1 cm³/mol. The molecular weight excluding hydrogens is 196 g/mol. The van der Waals surface area contributed by atoms with Gasteiger partial charge < -0.3 is 5.73 Å². The molecule has 0 aliphatic rings. The third kappa shape index (κ3) is 3.10. The van der Waals surface area contributed by atoms with Crippen LogP contribution >= 0.6 is 0 Å². The molecule has 0 aliphatic heterocycles. The SMILES string of the molecule is Nc1cccc(S(=O)CC(F)F)c1. The summed E-state index contributed by atoms with van der Waals surface area (Å²) in [7, 11) is -1.65. The van der Waals surface area contributed by atoms with E-state index in [2.05, 4.69) is 0 Å². The van der Waals surface area contributed by atoms with Crippen molar-refractivity contribution in [3.63, 3.8) is 0 Å². The minimum absolute atomic E-state index is 0.348. The van der Waals surface area contributed by atoms with E-state index in [4.69, 9.17) is 5.73 Å². The van der Waals surface area contributed by atoms with Gasteiger partial charge in [0, 0.05) is 10.6 Å². The molecule has 0 saturated heterocycles. The van der Waals surface area contributed by atoms with Crippen LogP contribution in [0.25, 0.3) is 0 Å². The second-order valence-electron chi connectivity index (χ2n) is 2.48. The summed E-state index contributed by atoms with van der Waals surface area (Å²) < 4.78 is 34.9. The molecule has 0 spiro atoms. The molecule has 1 rings (SSSR count). The number of alkyl halides is 2. The second-order valence-corrected chi connectivity index (χ2v) is 3.97. The van der Waals surface area contributed by atoms with E-state index in [1.165, 1.54) is 12.1 Å². The average molecular weight is 205 g/mol. The standard InChI is InChI=1S/C8H9F2NOS/c9-8(10)5-13(12)7-3-1-2-6(11)4-7/h1-4,8H,5,11H2. The Hall–Kier alpha value is -0.970. The van der Waals surface area contributed by atoms with E-state index in [1.807, 2.05) is 0 Å². The minimum Gasteiger partial charge on any atom is -0.399 e. The summed E-state index contributed by atoms with van der Waals surface area (Å²) in [4.78, 5) is 0.348. The van der Waals surface area contributed by atoms with Gasteiger partial charge in [-0.25, -0.2) is 8.78 Å². The largest absolute Gasteiger partial charge is 0.399 e. The van der Waals surface area contributed by atoms with Crippen LogP contribution in [0.15, 0.2) is 29.2 Å². The maximum atomic E-state index is 11.8. The van der Waals surface area contributed by atoms with Crippen molar-refractivity contribution in [2.24, 2.45) is 0 Å². The van der Waals surface area contributed by atoms with Crippen LogP contribution in [0.4, 0.5) is 14.5 Å². The Morgan fingerprint density at radius 2 is 2.15 bits per heavy atom. The van der Waals surface area contributed by atoms with Crippen LogP contribution in [-0.2, 0) is 10.8 Å². The van der Waals surface area contributed by atoms with Crippen molar-refractivity contribution in [3.8, 4) is 0 Å². The van der Waals surface area contributed by atoms with Crippen molar-refractivity contribution in [3.05, 3.63) is 24.3 Å². The van der Waals surface area contributed by atoms with E-state index in [0.717, 1.165) is 0 Å². The molecule has 0 aromatic heterocycles. The highest BCUT2D eigenvalue weighted by atomic mass is 32.2. The highest BCUT2D eigenvalue weighted by molar-refractivity contribution is 7.85. The lowest BCUT2D eigenvalue weighted by molar-refractivity contribution is 0.175. The van der Waals surface area contributed by atoms with Crippen LogP contribution in [0.3, 0.4) is 0 Å². The van der Waals surface area contributed by atoms with Gasteiger partial charge in [-0.15, -0.1) is 0 Å². The second kappa shape index (κ2) is 4.32. The van der Waals surface area contributed by atoms with Gasteiger partial charge in [0.25, 0.3) is 0 Å². The average Bonchev–Trinajstić information content (AvgIpc) is 2.03. The summed E-state index contributed by atoms with van der Waals surface area (Å²) in [6.07, 6.45) is -2.55. The minimum atomic E-state index is -2.55. The van der Waals surface area contributed by atoms with Crippen LogP contribution in [0.2, 0.25) is 0 Å². The first-order valence-corrected chi connectivity index (χ1v) is 4.93. The van der Waals surface area contributed by atoms with Crippen molar-refractivity contribution in [1.29, 1.82) is 0 Å². The molecule has 1 aromatic carbocycles. The number of benzene rings is 1. The summed E-state index contributed by atoms with van der Waals surface area (Å²) in [6.45, 7) is 0. The predicted octanol–water partition coefficient (Wildman–Crippen LogP) is 1.64. The maximum absolute atomic E-state index is 11.8. The molecule has 1 atom stereocenters. The lowest BCUT2D eigenvalue weighted by Crippen LogP contribution is -2.07. The van der Waals surface area contributed by atoms with Gasteiger partial charge in [0.2, 0.25) is 6.43 Å². The fraction of sp³-hybridized carbons (Fsp3) is 0.250. The van der Waals surface area contributed by atoms with Gasteiger partial charge in [-0.05, 0) is 18.2 Å². The van der Waals surface area contributed by atoms with Gasteiger partial charge in [0.1, 0.15) is 0 Å². The number of halogens is 2. The van der Waals surface area contributed by atoms with E-state index in [1.54, 1.807) is 12.1 Å². The molecular formula is C8H9F2NOS. The molecule has 0 bridgehead atoms. The fourth-order valence-corrected chi connectivity index (χ4v) is 1.79. The number of nitrogens with two attached hydrogens (primary N) is 1. The molecule has 0 saturated carbocycles. The molecule has 5 heteroatoms. The summed E-state index contributed by atoms with van der Waals surface area (Å²) in [6, 6.07) is 6.17. The summed E-state index contributed by atoms with van der Waals surface area (Å²) in [5, 5.41) is 0. The van der Waals surface area contributed by atoms with E-state index >= 15 is 0 Å². The lowest BCUT2D eigenvalue weighted by atomic mass is 10.3. The first kappa shape index (κ1) is 10.1. The zero-order valence-electron chi connectivity index (χ0n) is 6.74. The van der Waals surface area contributed by atoms with Crippen LogP contribution in [0.1, 0.15) is 0 Å². The molecule has 1 aromatic rings. The highest BCUT2D eigenvalue weighted by Gasteiger charge is 2.10. The van der Waals surface area contributed by atoms with Crippen molar-refractivity contribution in [2.45, 2.75) is 11.3 Å². The van der Waals surface area contributed by atoms with E-state index in [0.29, 0.717) is 10.6 Å². The molecule has 72 valence electrons. The lowest BCUT2D eigenvalue weighted by Gasteiger charge is -2.01. The quantitative estimate of drug-likeness (QED) is 0.762. The van der Waals surface area contributed by atoms with Gasteiger partial charge in [-0.1, -0.05) is 6.07 Å². The van der Waals surface area contributed by atoms with Crippen molar-refractivity contribution >= 4 is 16.5 Å². The van der Waals surface area contributed by atoms with Gasteiger partial charge >= 0.3 is 0 Å². The van der Waals surface area contributed by atoms with Crippen LogP contribution in [0, 0.1) is 0 Å². The number of nitrogen functional groups attached to an aromatic ring is 1. The topological polar surface area (TPSA) is 43.1 Å². The number of hydrogen-bond acceptors (Lipinski definition) is 2. The molecule has 0 radical (unpaired) electrons. The monoisotopic (exact) mass is 205 g/mol. The number of anilines is 1. The fourth-order valence-electron chi connectivity index (χ4n) is 0.867. The van der Waals surface area contributed by atoms with Crippen LogP contribution < -0.4 is 5.73 Å². The zero-order chi connectivity index (χ0) is 9.84. The zero-order valence-corrected chi connectivity index (χ0v) is 7.56. The van der Waals surface area contributed by atoms with Crippen molar-refractivity contribution in [2.75, 3.05) is 11.5 Å². The Morgan fingerprint density at radius 3 is 2.69 bits per heavy atom. The number of hydrogen-bond donors (Lipinski definition) is 1. The third-order valence-corrected chi connectivity index (χ3v) is 2.73. The van der Waals surface area contributed by atoms with Gasteiger partial charge in [-0.3, -0.25) is 4.21 Å². The van der Waals surface area contributed by atoms with Crippen molar-refractivity contribution < 1.29 is 13.0 Å². The summed E-state index contributed by atoms with van der Waals surface area (Å²) in [5.74, 6) is -0.635. The van der Waals surface area contributed by atoms with Gasteiger partial charge in [0.05, 0.1) is 16.6 Å². The molecule has 2 nitrogen and oxygen atoms in total. The van der Waals surface area contributed by atoms with Crippen molar-refractivity contribution in [1.82, 2.24) is 0 Å². The number of rotatable bonds is 3. The van der Waals surface area contributed by atoms with E-state index in [9.17, 15) is 13.0 Å². The summed E-state index contributed by atoms with van der Waals surface area (Å²) >= 11 is 0. The van der Waals surface area contributed by atoms with E-state index in [-0.39, 0.29) is 0 Å². The maximum Gasteiger partial charge on any atom is 0.250 e. The van der Waals surface area contributed by atoms with Crippen LogP contribution in [0.5, 0.6) is 0 Å². The summed E-state index contributed by atoms with van der Waals surface area (Å²) in [5.41, 5.74) is 5.84. The molecule has 0 amide bonds. The third-order valence-electron chi connectivity index (χ3n) is 1.40. The molecule has 0 fully saturated rings. The molecule has 0 aliphatic carbocycles. The normalized spacial score (nSPS) is 13.2. The first-order valence-electron chi connectivity index (χ1n) is 3.61. The Balaban J connectivity index is 2.77. The van der Waals surface area contributed by atoms with Gasteiger partial charge in [-0.2, -0.15) is 0 Å². The Labute approximate surface area is 77.2 Å².